The number of halogens is 1. The van der Waals surface area contributed by atoms with E-state index in [0.717, 1.165) is 0 Å². The summed E-state index contributed by atoms with van der Waals surface area (Å²) < 4.78 is 4.78. The molecule has 0 saturated heterocycles. The first kappa shape index (κ1) is 13.9. The molecule has 0 spiro atoms. The van der Waals surface area contributed by atoms with Crippen LogP contribution in [0.25, 0.3) is 0 Å². The summed E-state index contributed by atoms with van der Waals surface area (Å²) in [5.74, 6) is 0.122. The Morgan fingerprint density at radius 3 is 2.27 bits per heavy atom. The van der Waals surface area contributed by atoms with Crippen LogP contribution in [-0.2, 0) is 9.53 Å². The van der Waals surface area contributed by atoms with Gasteiger partial charge in [-0.05, 0) is 12.8 Å². The minimum Gasteiger partial charge on any atom is -0.465 e. The number of esters is 1. The molecule has 0 aliphatic rings. The van der Waals surface area contributed by atoms with Crippen molar-refractivity contribution < 1.29 is 9.53 Å². The Labute approximate surface area is 83.3 Å². The van der Waals surface area contributed by atoms with Gasteiger partial charge in [-0.25, -0.2) is 0 Å². The molecular weight excluding hydrogens is 228 g/mol. The molecule has 0 saturated carbocycles. The third-order valence-electron chi connectivity index (χ3n) is 1.10. The quantitative estimate of drug-likeness (QED) is 0.560. The number of ether oxygens (including phenoxy) is 1. The van der Waals surface area contributed by atoms with Crippen molar-refractivity contribution in [2.75, 3.05) is 6.61 Å². The third kappa shape index (κ3) is 5.56. The summed E-state index contributed by atoms with van der Waals surface area (Å²) in [6, 6.07) is 0. The lowest BCUT2D eigenvalue weighted by Gasteiger charge is -2.11. The highest BCUT2D eigenvalue weighted by atomic mass is 79.9. The van der Waals surface area contributed by atoms with E-state index in [4.69, 9.17) is 4.74 Å². The molecule has 0 aromatic rings. The van der Waals surface area contributed by atoms with Crippen molar-refractivity contribution in [3.63, 3.8) is 0 Å². The molecule has 0 aliphatic heterocycles. The van der Waals surface area contributed by atoms with Crippen LogP contribution in [0.15, 0.2) is 0 Å². The highest BCUT2D eigenvalue weighted by Gasteiger charge is 2.18. The largest absolute Gasteiger partial charge is 0.465 e. The highest BCUT2D eigenvalue weighted by molar-refractivity contribution is 9.10. The Kier molecular flexibility index (Phi) is 8.79. The van der Waals surface area contributed by atoms with Crippen LogP contribution in [0, 0.1) is 5.92 Å². The molecule has 11 heavy (non-hydrogen) atoms. The van der Waals surface area contributed by atoms with Gasteiger partial charge in [-0.2, -0.15) is 13.5 Å². The second kappa shape index (κ2) is 6.98. The van der Waals surface area contributed by atoms with Crippen LogP contribution >= 0.6 is 29.4 Å². The molecule has 0 heterocycles. The maximum Gasteiger partial charge on any atom is 0.319 e. The van der Waals surface area contributed by atoms with Crippen LogP contribution in [0.4, 0.5) is 0 Å². The fraction of sp³-hybridized carbons (Fsp3) is 0.857. The number of rotatable bonds is 3. The van der Waals surface area contributed by atoms with Crippen LogP contribution in [0.1, 0.15) is 20.8 Å². The molecule has 0 N–H and O–H groups in total. The van der Waals surface area contributed by atoms with Crippen molar-refractivity contribution in [1.82, 2.24) is 0 Å². The van der Waals surface area contributed by atoms with Crippen molar-refractivity contribution in [2.45, 2.75) is 25.6 Å². The molecule has 0 radical (unpaired) electrons. The summed E-state index contributed by atoms with van der Waals surface area (Å²) >= 11 is 3.23. The topological polar surface area (TPSA) is 26.3 Å². The Bertz CT molecular complexity index is 117. The first-order valence-corrected chi connectivity index (χ1v) is 4.31. The third-order valence-corrected chi connectivity index (χ3v) is 2.53. The van der Waals surface area contributed by atoms with Crippen LogP contribution in [-0.4, -0.2) is 17.4 Å². The second-order valence-electron chi connectivity index (χ2n) is 2.40. The second-order valence-corrected chi connectivity index (χ2v) is 3.38. The minimum atomic E-state index is -0.169. The van der Waals surface area contributed by atoms with Gasteiger partial charge in [0.25, 0.3) is 0 Å². The zero-order valence-corrected chi connectivity index (χ0v) is 9.64. The summed E-state index contributed by atoms with van der Waals surface area (Å²) in [7, 11) is 0. The van der Waals surface area contributed by atoms with Crippen LogP contribution in [0.3, 0.4) is 0 Å². The molecule has 0 aromatic heterocycles. The van der Waals surface area contributed by atoms with Gasteiger partial charge in [-0.3, -0.25) is 4.79 Å². The summed E-state index contributed by atoms with van der Waals surface area (Å²) in [6.45, 7) is 6.19. The molecule has 0 rings (SSSR count). The molecule has 1 atom stereocenters. The Morgan fingerprint density at radius 2 is 2.00 bits per heavy atom. The van der Waals surface area contributed by atoms with Crippen LogP contribution in [0.2, 0.25) is 0 Å². The van der Waals surface area contributed by atoms with E-state index in [2.05, 4.69) is 15.9 Å². The van der Waals surface area contributed by atoms with Gasteiger partial charge in [0.2, 0.25) is 0 Å². The molecule has 0 aromatic carbocycles. The van der Waals surface area contributed by atoms with Gasteiger partial charge in [0, 0.05) is 0 Å². The smallest absolute Gasteiger partial charge is 0.319 e. The summed E-state index contributed by atoms with van der Waals surface area (Å²) in [6.07, 6.45) is 0. The van der Waals surface area contributed by atoms with Gasteiger partial charge in [0.1, 0.15) is 4.83 Å². The normalized spacial score (nSPS) is 12.1. The molecule has 0 fully saturated rings. The monoisotopic (exact) mass is 242 g/mol. The van der Waals surface area contributed by atoms with Crippen molar-refractivity contribution in [1.29, 1.82) is 0 Å². The zero-order chi connectivity index (χ0) is 8.15. The lowest BCUT2D eigenvalue weighted by atomic mass is 10.1. The predicted octanol–water partition coefficient (Wildman–Crippen LogP) is 2.08. The molecule has 4 heteroatoms. The highest BCUT2D eigenvalue weighted by Crippen LogP contribution is 2.12. The summed E-state index contributed by atoms with van der Waals surface area (Å²) in [5, 5.41) is 0. The van der Waals surface area contributed by atoms with Crippen LogP contribution < -0.4 is 0 Å². The van der Waals surface area contributed by atoms with E-state index in [0.29, 0.717) is 12.5 Å². The van der Waals surface area contributed by atoms with Gasteiger partial charge in [0.15, 0.2) is 0 Å². The number of alkyl halides is 1. The molecule has 0 amide bonds. The van der Waals surface area contributed by atoms with E-state index in [9.17, 15) is 4.79 Å². The van der Waals surface area contributed by atoms with E-state index in [1.54, 1.807) is 6.92 Å². The van der Waals surface area contributed by atoms with Gasteiger partial charge in [-0.1, -0.05) is 29.8 Å². The number of hydrogen-bond acceptors (Lipinski definition) is 2. The standard InChI is InChI=1S/C7H13BrO2.H2S/c1-4-10-7(9)6(8)5(2)3;/h5-6H,4H2,1-3H3;1H2/t6-;/m1./s1. The first-order valence-electron chi connectivity index (χ1n) is 3.40. The lowest BCUT2D eigenvalue weighted by Crippen LogP contribution is -2.22. The Morgan fingerprint density at radius 1 is 1.55 bits per heavy atom. The van der Waals surface area contributed by atoms with E-state index in [1.807, 2.05) is 13.8 Å². The lowest BCUT2D eigenvalue weighted by molar-refractivity contribution is -0.143. The Hall–Kier alpha value is 0.300. The van der Waals surface area contributed by atoms with Crippen molar-refractivity contribution >= 4 is 35.4 Å². The van der Waals surface area contributed by atoms with Crippen molar-refractivity contribution in [3.05, 3.63) is 0 Å². The Balaban J connectivity index is 0. The van der Waals surface area contributed by atoms with Gasteiger partial charge in [0.05, 0.1) is 6.61 Å². The average molecular weight is 243 g/mol. The van der Waals surface area contributed by atoms with Gasteiger partial charge >= 0.3 is 5.97 Å². The number of hydrogen-bond donors (Lipinski definition) is 0. The van der Waals surface area contributed by atoms with Crippen molar-refractivity contribution in [2.24, 2.45) is 5.92 Å². The molecule has 0 unspecified atom stereocenters. The average Bonchev–Trinajstić information content (AvgIpc) is 1.87. The number of carbonyl (C=O) groups is 1. The first-order chi connectivity index (χ1) is 4.59. The van der Waals surface area contributed by atoms with Crippen molar-refractivity contribution in [3.8, 4) is 0 Å². The maximum absolute atomic E-state index is 10.9. The number of carbonyl (C=O) groups excluding carboxylic acids is 1. The minimum absolute atomic E-state index is 0. The van der Waals surface area contributed by atoms with E-state index in [1.165, 1.54) is 0 Å². The van der Waals surface area contributed by atoms with Gasteiger partial charge in [-0.15, -0.1) is 0 Å². The van der Waals surface area contributed by atoms with E-state index in [-0.39, 0.29) is 24.3 Å². The van der Waals surface area contributed by atoms with Gasteiger partial charge < -0.3 is 4.74 Å². The molecule has 68 valence electrons. The molecule has 0 bridgehead atoms. The zero-order valence-electron chi connectivity index (χ0n) is 7.06. The maximum atomic E-state index is 10.9. The summed E-state index contributed by atoms with van der Waals surface area (Å²) in [5.41, 5.74) is 0. The predicted molar refractivity (Wildman–Crippen MR) is 54.6 cm³/mol. The fourth-order valence-corrected chi connectivity index (χ4v) is 0.626. The fourth-order valence-electron chi connectivity index (χ4n) is 0.494. The van der Waals surface area contributed by atoms with Crippen LogP contribution in [0.5, 0.6) is 0 Å². The molecule has 0 aliphatic carbocycles. The SMILES string of the molecule is CCOC(=O)[C@H](Br)C(C)C.S. The molecular formula is C7H15BrO2S. The summed E-state index contributed by atoms with van der Waals surface area (Å²) in [4.78, 5) is 10.8. The van der Waals surface area contributed by atoms with E-state index < -0.39 is 0 Å². The van der Waals surface area contributed by atoms with E-state index >= 15 is 0 Å². The molecule has 2 nitrogen and oxygen atoms in total.